The number of rotatable bonds is 2. The number of hydrogen-bond donors (Lipinski definition) is 0. The van der Waals surface area contributed by atoms with E-state index in [1.807, 2.05) is 6.07 Å². The van der Waals surface area contributed by atoms with Gasteiger partial charge in [-0.1, -0.05) is 0 Å². The summed E-state index contributed by atoms with van der Waals surface area (Å²) in [7, 11) is -1.19. The van der Waals surface area contributed by atoms with Crippen molar-refractivity contribution in [3.63, 3.8) is 0 Å². The van der Waals surface area contributed by atoms with Gasteiger partial charge in [0.05, 0.1) is 21.2 Å². The quantitative estimate of drug-likeness (QED) is 0.700. The van der Waals surface area contributed by atoms with Crippen molar-refractivity contribution in [3.8, 4) is 6.07 Å². The van der Waals surface area contributed by atoms with Gasteiger partial charge in [-0.05, 0) is 13.0 Å². The Balaban J connectivity index is 3.29. The number of nitriles is 1. The molecule has 0 fully saturated rings. The van der Waals surface area contributed by atoms with Gasteiger partial charge < -0.3 is 0 Å². The normalized spacial score (nSPS) is 12.1. The molecule has 3 nitrogen and oxygen atoms in total. The van der Waals surface area contributed by atoms with Gasteiger partial charge in [0.1, 0.15) is 10.3 Å². The van der Waals surface area contributed by atoms with E-state index in [4.69, 9.17) is 5.26 Å². The van der Waals surface area contributed by atoms with Gasteiger partial charge >= 0.3 is 0 Å². The maximum atomic E-state index is 11.1. The summed E-state index contributed by atoms with van der Waals surface area (Å²) in [6, 6.07) is 3.41. The fourth-order valence-electron chi connectivity index (χ4n) is 0.839. The Morgan fingerprint density at radius 1 is 1.69 bits per heavy atom. The molecule has 1 unspecified atom stereocenters. The smallest absolute Gasteiger partial charge is 0.169 e. The van der Waals surface area contributed by atoms with E-state index in [9.17, 15) is 9.00 Å². The zero-order valence-electron chi connectivity index (χ0n) is 7.16. The van der Waals surface area contributed by atoms with Gasteiger partial charge in [-0.2, -0.15) is 5.26 Å². The highest BCUT2D eigenvalue weighted by molar-refractivity contribution is 7.86. The first-order valence-electron chi connectivity index (χ1n) is 3.44. The minimum atomic E-state index is -1.19. The van der Waals surface area contributed by atoms with E-state index < -0.39 is 10.8 Å². The molecule has 0 saturated carbocycles. The fourth-order valence-corrected chi connectivity index (χ4v) is 2.73. The van der Waals surface area contributed by atoms with Crippen LogP contribution in [-0.4, -0.2) is 16.2 Å². The zero-order valence-corrected chi connectivity index (χ0v) is 8.79. The molecule has 0 aromatic carbocycles. The Morgan fingerprint density at radius 2 is 2.31 bits per heavy atom. The molecule has 0 saturated heterocycles. The predicted molar refractivity (Wildman–Crippen MR) is 51.4 cm³/mol. The third kappa shape index (κ3) is 2.02. The van der Waals surface area contributed by atoms with E-state index in [2.05, 4.69) is 0 Å². The fraction of sp³-hybridized carbons (Fsp3) is 0.250. The van der Waals surface area contributed by atoms with Gasteiger partial charge in [0.25, 0.3) is 0 Å². The van der Waals surface area contributed by atoms with Crippen molar-refractivity contribution in [3.05, 3.63) is 16.5 Å². The first kappa shape index (κ1) is 10.1. The predicted octanol–water partition coefficient (Wildman–Crippen LogP) is 1.56. The molecule has 5 heteroatoms. The van der Waals surface area contributed by atoms with Crippen LogP contribution in [0.4, 0.5) is 0 Å². The van der Waals surface area contributed by atoms with Crippen molar-refractivity contribution in [1.29, 1.82) is 5.26 Å². The number of thiophene rings is 1. The molecule has 0 aliphatic rings. The van der Waals surface area contributed by atoms with Crippen LogP contribution in [0.5, 0.6) is 0 Å². The molecule has 0 aliphatic carbocycles. The van der Waals surface area contributed by atoms with Crippen LogP contribution in [0.15, 0.2) is 10.3 Å². The van der Waals surface area contributed by atoms with Gasteiger partial charge in [0.2, 0.25) is 0 Å². The van der Waals surface area contributed by atoms with E-state index in [-0.39, 0.29) is 5.78 Å². The molecule has 0 radical (unpaired) electrons. The number of hydrogen-bond acceptors (Lipinski definition) is 4. The molecular weight excluding hydrogens is 206 g/mol. The topological polar surface area (TPSA) is 57.9 Å². The molecule has 13 heavy (non-hydrogen) atoms. The maximum Gasteiger partial charge on any atom is 0.169 e. The summed E-state index contributed by atoms with van der Waals surface area (Å²) in [6.45, 7) is 1.43. The van der Waals surface area contributed by atoms with Crippen LogP contribution in [0.1, 0.15) is 22.2 Å². The number of carbonyl (C=O) groups excluding carboxylic acids is 1. The first-order valence-corrected chi connectivity index (χ1v) is 5.82. The highest BCUT2D eigenvalue weighted by Crippen LogP contribution is 2.24. The van der Waals surface area contributed by atoms with Crippen LogP contribution in [-0.2, 0) is 10.8 Å². The van der Waals surface area contributed by atoms with E-state index >= 15 is 0 Å². The SMILES string of the molecule is CC(=O)c1cc(C#N)c(S(C)=O)s1. The lowest BCUT2D eigenvalue weighted by Gasteiger charge is -1.87. The van der Waals surface area contributed by atoms with Crippen LogP contribution in [0.2, 0.25) is 0 Å². The Labute approximate surface area is 82.5 Å². The second kappa shape index (κ2) is 3.81. The van der Waals surface area contributed by atoms with Gasteiger partial charge in [-0.3, -0.25) is 9.00 Å². The van der Waals surface area contributed by atoms with Gasteiger partial charge in [-0.15, -0.1) is 11.3 Å². The second-order valence-corrected chi connectivity index (χ2v) is 5.06. The van der Waals surface area contributed by atoms with Crippen LogP contribution in [0, 0.1) is 11.3 Å². The largest absolute Gasteiger partial charge is 0.294 e. The summed E-state index contributed by atoms with van der Waals surface area (Å²) in [5.41, 5.74) is 0.344. The van der Waals surface area contributed by atoms with Crippen LogP contribution >= 0.6 is 11.3 Å². The first-order chi connectivity index (χ1) is 6.06. The van der Waals surface area contributed by atoms with E-state index in [1.165, 1.54) is 19.2 Å². The Hall–Kier alpha value is -0.990. The molecule has 0 spiro atoms. The average molecular weight is 213 g/mol. The van der Waals surface area contributed by atoms with Crippen molar-refractivity contribution >= 4 is 27.9 Å². The number of ketones is 1. The standard InChI is InChI=1S/C8H7NO2S2/c1-5(10)7-3-6(4-9)8(12-7)13(2)11/h3H,1-2H3. The third-order valence-electron chi connectivity index (χ3n) is 1.43. The lowest BCUT2D eigenvalue weighted by atomic mass is 10.3. The molecule has 1 atom stereocenters. The molecule has 1 aromatic heterocycles. The highest BCUT2D eigenvalue weighted by Gasteiger charge is 2.13. The van der Waals surface area contributed by atoms with Crippen LogP contribution < -0.4 is 0 Å². The second-order valence-electron chi connectivity index (χ2n) is 2.43. The summed E-state index contributed by atoms with van der Waals surface area (Å²) in [6.07, 6.45) is 1.50. The lowest BCUT2D eigenvalue weighted by Crippen LogP contribution is -1.84. The summed E-state index contributed by atoms with van der Waals surface area (Å²) in [4.78, 5) is 11.4. The Kier molecular flexibility index (Phi) is 2.96. The minimum absolute atomic E-state index is 0.0989. The molecule has 0 amide bonds. The lowest BCUT2D eigenvalue weighted by molar-refractivity contribution is 0.102. The Bertz CT molecular complexity index is 414. The van der Waals surface area contributed by atoms with Crippen molar-refractivity contribution in [2.45, 2.75) is 11.1 Å². The number of Topliss-reactive ketones (excluding diaryl/α,β-unsaturated/α-hetero) is 1. The highest BCUT2D eigenvalue weighted by atomic mass is 32.2. The molecule has 0 bridgehead atoms. The molecule has 1 rings (SSSR count). The summed E-state index contributed by atoms with van der Waals surface area (Å²) in [5.74, 6) is -0.0989. The van der Waals surface area contributed by atoms with E-state index in [0.29, 0.717) is 14.6 Å². The number of carbonyl (C=O) groups is 1. The molecule has 0 aliphatic heterocycles. The monoisotopic (exact) mass is 213 g/mol. The Morgan fingerprint density at radius 3 is 2.62 bits per heavy atom. The zero-order chi connectivity index (χ0) is 10.0. The molecule has 0 N–H and O–H groups in total. The summed E-state index contributed by atoms with van der Waals surface area (Å²) < 4.78 is 11.6. The van der Waals surface area contributed by atoms with Crippen LogP contribution in [0.3, 0.4) is 0 Å². The molecule has 1 heterocycles. The summed E-state index contributed by atoms with van der Waals surface area (Å²) in [5, 5.41) is 8.67. The van der Waals surface area contributed by atoms with E-state index in [0.717, 1.165) is 11.3 Å². The van der Waals surface area contributed by atoms with Crippen molar-refractivity contribution in [2.24, 2.45) is 0 Å². The number of nitrogens with zero attached hydrogens (tertiary/aromatic N) is 1. The van der Waals surface area contributed by atoms with E-state index in [1.54, 1.807) is 0 Å². The van der Waals surface area contributed by atoms with Gasteiger partial charge in [0, 0.05) is 6.26 Å². The molecule has 68 valence electrons. The van der Waals surface area contributed by atoms with Crippen molar-refractivity contribution in [1.82, 2.24) is 0 Å². The molecule has 1 aromatic rings. The minimum Gasteiger partial charge on any atom is -0.294 e. The molecular formula is C8H7NO2S2. The van der Waals surface area contributed by atoms with Crippen molar-refractivity contribution in [2.75, 3.05) is 6.26 Å². The van der Waals surface area contributed by atoms with Gasteiger partial charge in [0.15, 0.2) is 5.78 Å². The maximum absolute atomic E-state index is 11.1. The van der Waals surface area contributed by atoms with Gasteiger partial charge in [-0.25, -0.2) is 0 Å². The van der Waals surface area contributed by atoms with Crippen LogP contribution in [0.25, 0.3) is 0 Å². The third-order valence-corrected chi connectivity index (χ3v) is 4.15. The average Bonchev–Trinajstić information content (AvgIpc) is 2.47. The van der Waals surface area contributed by atoms with Crippen molar-refractivity contribution < 1.29 is 9.00 Å². The summed E-state index contributed by atoms with van der Waals surface area (Å²) >= 11 is 1.13.